The third-order valence-corrected chi connectivity index (χ3v) is 4.57. The number of nitrogens with one attached hydrogen (secondary N) is 1. The zero-order valence-corrected chi connectivity index (χ0v) is 15.8. The average molecular weight is 367 g/mol. The molecule has 0 radical (unpaired) electrons. The topological polar surface area (TPSA) is 61.9 Å². The Morgan fingerprint density at radius 1 is 1.15 bits per heavy atom. The van der Waals surface area contributed by atoms with E-state index < -0.39 is 0 Å². The third-order valence-electron chi connectivity index (χ3n) is 4.57. The molecule has 2 aromatic rings. The molecule has 2 aromatic carbocycles. The molecule has 0 saturated carbocycles. The van der Waals surface area contributed by atoms with Crippen LogP contribution in [0.2, 0.25) is 0 Å². The molecule has 3 rings (SSSR count). The van der Waals surface area contributed by atoms with Crippen molar-refractivity contribution in [2.24, 2.45) is 0 Å². The van der Waals surface area contributed by atoms with Crippen LogP contribution in [0.25, 0.3) is 11.1 Å². The fraction of sp³-hybridized carbons (Fsp3) is 0.333. The maximum atomic E-state index is 12.4. The van der Waals surface area contributed by atoms with Gasteiger partial charge in [-0.05, 0) is 41.8 Å². The summed E-state index contributed by atoms with van der Waals surface area (Å²) < 4.78 is 4.99. The van der Waals surface area contributed by atoms with Gasteiger partial charge in [0.05, 0.1) is 6.61 Å². The van der Waals surface area contributed by atoms with Crippen LogP contribution in [0, 0.1) is 0 Å². The first kappa shape index (κ1) is 18.8. The molecule has 1 aliphatic rings. The quantitative estimate of drug-likeness (QED) is 0.853. The van der Waals surface area contributed by atoms with Crippen molar-refractivity contribution >= 4 is 17.7 Å². The molecule has 2 amide bonds. The predicted octanol–water partition coefficient (Wildman–Crippen LogP) is 2.99. The van der Waals surface area contributed by atoms with Crippen molar-refractivity contribution in [3.05, 3.63) is 54.1 Å². The fourth-order valence-corrected chi connectivity index (χ4v) is 3.00. The van der Waals surface area contributed by atoms with Crippen LogP contribution >= 0.6 is 0 Å². The van der Waals surface area contributed by atoms with E-state index in [1.54, 1.807) is 11.0 Å². The minimum Gasteiger partial charge on any atom is -0.449 e. The second kappa shape index (κ2) is 8.58. The summed E-state index contributed by atoms with van der Waals surface area (Å²) in [5, 5.41) is 2.87. The lowest BCUT2D eigenvalue weighted by Gasteiger charge is -2.26. The van der Waals surface area contributed by atoms with E-state index in [0.717, 1.165) is 23.2 Å². The van der Waals surface area contributed by atoms with Crippen LogP contribution in [0.15, 0.2) is 48.5 Å². The van der Waals surface area contributed by atoms with Gasteiger partial charge < -0.3 is 19.9 Å². The first-order valence-electron chi connectivity index (χ1n) is 9.12. The number of rotatable bonds is 6. The summed E-state index contributed by atoms with van der Waals surface area (Å²) >= 11 is 0. The molecular formula is C21H25N3O3. The molecule has 0 spiro atoms. The van der Waals surface area contributed by atoms with E-state index in [1.807, 2.05) is 49.3 Å². The Bertz CT molecular complexity index is 803. The van der Waals surface area contributed by atoms with Gasteiger partial charge in [-0.15, -0.1) is 0 Å². The lowest BCUT2D eigenvalue weighted by atomic mass is 10.0. The van der Waals surface area contributed by atoms with Gasteiger partial charge in [-0.3, -0.25) is 4.79 Å². The minimum atomic E-state index is -0.307. The van der Waals surface area contributed by atoms with E-state index in [1.165, 1.54) is 0 Å². The summed E-state index contributed by atoms with van der Waals surface area (Å²) in [6, 6.07) is 15.8. The minimum absolute atomic E-state index is 0.146. The summed E-state index contributed by atoms with van der Waals surface area (Å²) in [5.74, 6) is -0.146. The number of hydrogen-bond donors (Lipinski definition) is 1. The SMILES string of the molecule is CN(C)c1ccc(-c2cccc(C(=O)NCCN3CCCOC3=O)c2)cc1. The Kier molecular flexibility index (Phi) is 5.96. The Hall–Kier alpha value is -3.02. The van der Waals surface area contributed by atoms with Gasteiger partial charge in [0.2, 0.25) is 0 Å². The van der Waals surface area contributed by atoms with E-state index >= 15 is 0 Å². The van der Waals surface area contributed by atoms with E-state index in [0.29, 0.717) is 31.8 Å². The van der Waals surface area contributed by atoms with Gasteiger partial charge >= 0.3 is 6.09 Å². The van der Waals surface area contributed by atoms with Crippen molar-refractivity contribution in [3.8, 4) is 11.1 Å². The molecule has 0 atom stereocenters. The summed E-state index contributed by atoms with van der Waals surface area (Å²) in [5.41, 5.74) is 3.79. The van der Waals surface area contributed by atoms with Crippen molar-refractivity contribution in [3.63, 3.8) is 0 Å². The normalized spacial score (nSPS) is 13.9. The lowest BCUT2D eigenvalue weighted by molar-refractivity contribution is 0.0719. The van der Waals surface area contributed by atoms with Crippen LogP contribution in [0.5, 0.6) is 0 Å². The first-order chi connectivity index (χ1) is 13.0. The molecule has 0 bridgehead atoms. The Labute approximate surface area is 159 Å². The van der Waals surface area contributed by atoms with Crippen molar-refractivity contribution in [2.75, 3.05) is 45.2 Å². The van der Waals surface area contributed by atoms with Crippen molar-refractivity contribution < 1.29 is 14.3 Å². The molecule has 1 fully saturated rings. The number of nitrogens with zero attached hydrogens (tertiary/aromatic N) is 2. The highest BCUT2D eigenvalue weighted by Crippen LogP contribution is 2.23. The van der Waals surface area contributed by atoms with Gasteiger partial charge in [-0.1, -0.05) is 24.3 Å². The van der Waals surface area contributed by atoms with Crippen molar-refractivity contribution in [1.82, 2.24) is 10.2 Å². The molecule has 0 unspecified atom stereocenters. The number of ether oxygens (including phenoxy) is 1. The Morgan fingerprint density at radius 3 is 2.63 bits per heavy atom. The molecule has 6 nitrogen and oxygen atoms in total. The van der Waals surface area contributed by atoms with Crippen molar-refractivity contribution in [1.29, 1.82) is 0 Å². The van der Waals surface area contributed by atoms with Gasteiger partial charge in [0.25, 0.3) is 5.91 Å². The van der Waals surface area contributed by atoms with E-state index in [-0.39, 0.29) is 12.0 Å². The van der Waals surface area contributed by atoms with Crippen LogP contribution in [0.1, 0.15) is 16.8 Å². The monoisotopic (exact) mass is 367 g/mol. The van der Waals surface area contributed by atoms with E-state index in [9.17, 15) is 9.59 Å². The number of carbonyl (C=O) groups is 2. The van der Waals surface area contributed by atoms with Crippen LogP contribution in [-0.4, -0.2) is 57.2 Å². The van der Waals surface area contributed by atoms with E-state index in [4.69, 9.17) is 4.74 Å². The molecule has 142 valence electrons. The summed E-state index contributed by atoms with van der Waals surface area (Å²) in [4.78, 5) is 27.7. The molecule has 6 heteroatoms. The van der Waals surface area contributed by atoms with Crippen LogP contribution in [0.3, 0.4) is 0 Å². The lowest BCUT2D eigenvalue weighted by Crippen LogP contribution is -2.42. The number of amides is 2. The fourth-order valence-electron chi connectivity index (χ4n) is 3.00. The van der Waals surface area contributed by atoms with Gasteiger partial charge in [-0.25, -0.2) is 4.79 Å². The highest BCUT2D eigenvalue weighted by molar-refractivity contribution is 5.95. The molecule has 1 saturated heterocycles. The smallest absolute Gasteiger partial charge is 0.409 e. The summed E-state index contributed by atoms with van der Waals surface area (Å²) in [6.07, 6.45) is 0.521. The van der Waals surface area contributed by atoms with Crippen LogP contribution < -0.4 is 10.2 Å². The van der Waals surface area contributed by atoms with Crippen LogP contribution in [0.4, 0.5) is 10.5 Å². The zero-order chi connectivity index (χ0) is 19.2. The summed E-state index contributed by atoms with van der Waals surface area (Å²) in [7, 11) is 4.01. The predicted molar refractivity (Wildman–Crippen MR) is 106 cm³/mol. The number of carbonyl (C=O) groups excluding carboxylic acids is 2. The maximum Gasteiger partial charge on any atom is 0.409 e. The largest absolute Gasteiger partial charge is 0.449 e. The number of cyclic esters (lactones) is 1. The van der Waals surface area contributed by atoms with Gasteiger partial charge in [-0.2, -0.15) is 0 Å². The molecule has 0 aromatic heterocycles. The first-order valence-corrected chi connectivity index (χ1v) is 9.12. The molecule has 1 N–H and O–H groups in total. The standard InChI is InChI=1S/C21H25N3O3/c1-23(2)19-9-7-16(8-10-19)17-5-3-6-18(15-17)20(25)22-11-13-24-12-4-14-27-21(24)26/h3,5-10,15H,4,11-14H2,1-2H3,(H,22,25). The van der Waals surface area contributed by atoms with E-state index in [2.05, 4.69) is 17.4 Å². The summed E-state index contributed by atoms with van der Waals surface area (Å²) in [6.45, 7) is 2.00. The number of anilines is 1. The number of hydrogen-bond acceptors (Lipinski definition) is 4. The third kappa shape index (κ3) is 4.78. The molecule has 27 heavy (non-hydrogen) atoms. The van der Waals surface area contributed by atoms with Crippen molar-refractivity contribution in [2.45, 2.75) is 6.42 Å². The number of benzene rings is 2. The second-order valence-electron chi connectivity index (χ2n) is 6.73. The van der Waals surface area contributed by atoms with Gasteiger partial charge in [0.15, 0.2) is 0 Å². The van der Waals surface area contributed by atoms with Gasteiger partial charge in [0, 0.05) is 45.0 Å². The average Bonchev–Trinajstić information content (AvgIpc) is 2.69. The Morgan fingerprint density at radius 2 is 1.93 bits per heavy atom. The molecule has 1 aliphatic heterocycles. The highest BCUT2D eigenvalue weighted by Gasteiger charge is 2.19. The zero-order valence-electron chi connectivity index (χ0n) is 15.8. The maximum absolute atomic E-state index is 12.4. The molecular weight excluding hydrogens is 342 g/mol. The molecule has 0 aliphatic carbocycles. The second-order valence-corrected chi connectivity index (χ2v) is 6.73. The van der Waals surface area contributed by atoms with Gasteiger partial charge in [0.1, 0.15) is 0 Å². The van der Waals surface area contributed by atoms with Crippen LogP contribution in [-0.2, 0) is 4.74 Å². The molecule has 1 heterocycles. The Balaban J connectivity index is 1.60. The highest BCUT2D eigenvalue weighted by atomic mass is 16.6.